The van der Waals surface area contributed by atoms with Crippen molar-refractivity contribution in [2.75, 3.05) is 11.9 Å². The molecule has 2 bridgehead atoms. The number of rotatable bonds is 1. The molecule has 2 atom stereocenters. The third-order valence-electron chi connectivity index (χ3n) is 5.00. The van der Waals surface area contributed by atoms with E-state index in [0.717, 1.165) is 44.2 Å². The van der Waals surface area contributed by atoms with E-state index in [1.54, 1.807) is 0 Å². The predicted molar refractivity (Wildman–Crippen MR) is 76.9 cm³/mol. The molecule has 0 saturated carbocycles. The Morgan fingerprint density at radius 3 is 2.75 bits per heavy atom. The van der Waals surface area contributed by atoms with Crippen LogP contribution < -0.4 is 5.32 Å². The molecule has 3 aliphatic heterocycles. The van der Waals surface area contributed by atoms with E-state index in [4.69, 9.17) is 0 Å². The van der Waals surface area contributed by atoms with Gasteiger partial charge in [0.05, 0.1) is 6.10 Å². The highest BCUT2D eigenvalue weighted by molar-refractivity contribution is 5.95. The number of fused-ring (bicyclic) bond motifs is 3. The van der Waals surface area contributed by atoms with Crippen LogP contribution >= 0.6 is 0 Å². The van der Waals surface area contributed by atoms with Gasteiger partial charge in [0.1, 0.15) is 0 Å². The fourth-order valence-corrected chi connectivity index (χ4v) is 4.07. The normalized spacial score (nSPS) is 31.1. The SMILES string of the molecule is O=C(c1ccc2c(c1)CCN2)N1C2CCC1CC(O)C2. The molecule has 4 heteroatoms. The van der Waals surface area contributed by atoms with Crippen molar-refractivity contribution in [3.8, 4) is 0 Å². The quantitative estimate of drug-likeness (QED) is 0.819. The van der Waals surface area contributed by atoms with E-state index in [1.807, 2.05) is 23.1 Å². The molecule has 2 unspecified atom stereocenters. The van der Waals surface area contributed by atoms with Crippen LogP contribution in [0, 0.1) is 0 Å². The summed E-state index contributed by atoms with van der Waals surface area (Å²) in [5.41, 5.74) is 3.22. The minimum atomic E-state index is -0.222. The van der Waals surface area contributed by atoms with Crippen molar-refractivity contribution in [2.45, 2.75) is 50.3 Å². The largest absolute Gasteiger partial charge is 0.393 e. The van der Waals surface area contributed by atoms with Crippen LogP contribution in [-0.2, 0) is 6.42 Å². The highest BCUT2D eigenvalue weighted by Gasteiger charge is 2.42. The molecular formula is C16H20N2O2. The Bertz CT molecular complexity index is 543. The van der Waals surface area contributed by atoms with E-state index >= 15 is 0 Å². The maximum atomic E-state index is 12.8. The highest BCUT2D eigenvalue weighted by Crippen LogP contribution is 2.37. The maximum Gasteiger partial charge on any atom is 0.254 e. The van der Waals surface area contributed by atoms with Crippen molar-refractivity contribution in [3.63, 3.8) is 0 Å². The number of aliphatic hydroxyl groups excluding tert-OH is 1. The lowest BCUT2D eigenvalue weighted by atomic mass is 9.98. The van der Waals surface area contributed by atoms with Gasteiger partial charge in [-0.3, -0.25) is 4.79 Å². The van der Waals surface area contributed by atoms with Gasteiger partial charge < -0.3 is 15.3 Å². The third-order valence-corrected chi connectivity index (χ3v) is 5.00. The van der Waals surface area contributed by atoms with Gasteiger partial charge in [0.15, 0.2) is 0 Å². The van der Waals surface area contributed by atoms with Crippen molar-refractivity contribution < 1.29 is 9.90 Å². The first-order valence-corrected chi connectivity index (χ1v) is 7.60. The molecule has 4 nitrogen and oxygen atoms in total. The molecule has 3 heterocycles. The fraction of sp³-hybridized carbons (Fsp3) is 0.562. The first-order valence-electron chi connectivity index (χ1n) is 7.60. The predicted octanol–water partition coefficient (Wildman–Crippen LogP) is 1.78. The fourth-order valence-electron chi connectivity index (χ4n) is 4.07. The number of aliphatic hydroxyl groups is 1. The van der Waals surface area contributed by atoms with Gasteiger partial charge in [0, 0.05) is 29.9 Å². The van der Waals surface area contributed by atoms with E-state index in [-0.39, 0.29) is 24.1 Å². The molecule has 0 radical (unpaired) electrons. The average molecular weight is 272 g/mol. The zero-order valence-corrected chi connectivity index (χ0v) is 11.5. The van der Waals surface area contributed by atoms with Crippen LogP contribution in [0.2, 0.25) is 0 Å². The molecular weight excluding hydrogens is 252 g/mol. The Morgan fingerprint density at radius 2 is 2.00 bits per heavy atom. The number of anilines is 1. The van der Waals surface area contributed by atoms with Gasteiger partial charge in [-0.05, 0) is 55.9 Å². The number of nitrogens with one attached hydrogen (secondary N) is 1. The smallest absolute Gasteiger partial charge is 0.254 e. The van der Waals surface area contributed by atoms with Crippen LogP contribution in [0.1, 0.15) is 41.6 Å². The summed E-state index contributed by atoms with van der Waals surface area (Å²) in [4.78, 5) is 14.8. The maximum absolute atomic E-state index is 12.8. The van der Waals surface area contributed by atoms with E-state index < -0.39 is 0 Å². The number of carbonyl (C=O) groups is 1. The molecule has 20 heavy (non-hydrogen) atoms. The molecule has 4 rings (SSSR count). The Hall–Kier alpha value is -1.55. The lowest BCUT2D eigenvalue weighted by Gasteiger charge is -2.37. The van der Waals surface area contributed by atoms with E-state index in [0.29, 0.717) is 0 Å². The minimum absolute atomic E-state index is 0.152. The molecule has 2 fully saturated rings. The highest BCUT2D eigenvalue weighted by atomic mass is 16.3. The summed E-state index contributed by atoms with van der Waals surface area (Å²) in [7, 11) is 0. The number of amides is 1. The molecule has 0 aliphatic carbocycles. The monoisotopic (exact) mass is 272 g/mol. The Labute approximate surface area is 118 Å². The first kappa shape index (κ1) is 12.2. The van der Waals surface area contributed by atoms with E-state index in [1.165, 1.54) is 11.3 Å². The molecule has 1 amide bonds. The number of benzene rings is 1. The molecule has 0 aromatic heterocycles. The van der Waals surface area contributed by atoms with Gasteiger partial charge in [0.25, 0.3) is 5.91 Å². The van der Waals surface area contributed by atoms with Gasteiger partial charge in [-0.15, -0.1) is 0 Å². The number of hydrogen-bond donors (Lipinski definition) is 2. The summed E-state index contributed by atoms with van der Waals surface area (Å²) in [6.07, 6.45) is 4.35. The zero-order chi connectivity index (χ0) is 13.7. The number of hydrogen-bond acceptors (Lipinski definition) is 3. The van der Waals surface area contributed by atoms with E-state index in [2.05, 4.69) is 5.32 Å². The molecule has 3 aliphatic rings. The van der Waals surface area contributed by atoms with Crippen LogP contribution in [0.15, 0.2) is 18.2 Å². The molecule has 2 N–H and O–H groups in total. The van der Waals surface area contributed by atoms with Crippen LogP contribution in [0.3, 0.4) is 0 Å². The van der Waals surface area contributed by atoms with Crippen LogP contribution in [0.5, 0.6) is 0 Å². The van der Waals surface area contributed by atoms with Crippen molar-refractivity contribution in [2.24, 2.45) is 0 Å². The van der Waals surface area contributed by atoms with Gasteiger partial charge in [0.2, 0.25) is 0 Å². The standard InChI is InChI=1S/C16H20N2O2/c19-14-8-12-2-3-13(9-14)18(12)16(20)11-1-4-15-10(7-11)5-6-17-15/h1,4,7,12-14,17,19H,2-3,5-6,8-9H2. The second kappa shape index (κ2) is 4.48. The average Bonchev–Trinajstić information content (AvgIpc) is 3.00. The Morgan fingerprint density at radius 1 is 1.25 bits per heavy atom. The third kappa shape index (κ3) is 1.82. The zero-order valence-electron chi connectivity index (χ0n) is 11.5. The van der Waals surface area contributed by atoms with Crippen molar-refractivity contribution in [1.82, 2.24) is 4.90 Å². The van der Waals surface area contributed by atoms with E-state index in [9.17, 15) is 9.90 Å². The second-order valence-corrected chi connectivity index (χ2v) is 6.27. The second-order valence-electron chi connectivity index (χ2n) is 6.27. The van der Waals surface area contributed by atoms with Crippen LogP contribution in [0.25, 0.3) is 0 Å². The number of carbonyl (C=O) groups excluding carboxylic acids is 1. The summed E-state index contributed by atoms with van der Waals surface area (Å²) in [6, 6.07) is 6.48. The molecule has 0 spiro atoms. The van der Waals surface area contributed by atoms with Gasteiger partial charge in [-0.1, -0.05) is 0 Å². The minimum Gasteiger partial charge on any atom is -0.393 e. The van der Waals surface area contributed by atoms with Crippen LogP contribution in [0.4, 0.5) is 5.69 Å². The lowest BCUT2D eigenvalue weighted by Crippen LogP contribution is -2.48. The van der Waals surface area contributed by atoms with Gasteiger partial charge in [-0.2, -0.15) is 0 Å². The molecule has 106 valence electrons. The summed E-state index contributed by atoms with van der Waals surface area (Å²) in [5, 5.41) is 13.2. The Kier molecular flexibility index (Phi) is 2.74. The molecule has 1 aromatic rings. The summed E-state index contributed by atoms with van der Waals surface area (Å²) in [6.45, 7) is 0.966. The first-order chi connectivity index (χ1) is 9.72. The molecule has 1 aromatic carbocycles. The number of nitrogens with zero attached hydrogens (tertiary/aromatic N) is 1. The summed E-state index contributed by atoms with van der Waals surface area (Å²) < 4.78 is 0. The van der Waals surface area contributed by atoms with Crippen molar-refractivity contribution >= 4 is 11.6 Å². The van der Waals surface area contributed by atoms with Crippen molar-refractivity contribution in [1.29, 1.82) is 0 Å². The van der Waals surface area contributed by atoms with Gasteiger partial charge in [-0.25, -0.2) is 0 Å². The molecule has 2 saturated heterocycles. The summed E-state index contributed by atoms with van der Waals surface area (Å²) in [5.74, 6) is 0.152. The van der Waals surface area contributed by atoms with Crippen molar-refractivity contribution in [3.05, 3.63) is 29.3 Å². The number of piperidine rings is 1. The Balaban J connectivity index is 1.61. The van der Waals surface area contributed by atoms with Crippen LogP contribution in [-0.4, -0.2) is 40.6 Å². The summed E-state index contributed by atoms with van der Waals surface area (Å²) >= 11 is 0. The topological polar surface area (TPSA) is 52.6 Å². The lowest BCUT2D eigenvalue weighted by molar-refractivity contribution is 0.0287. The van der Waals surface area contributed by atoms with Gasteiger partial charge >= 0.3 is 0 Å².